The molecule has 1 heteroatoms. The highest BCUT2D eigenvalue weighted by Gasteiger charge is 2.12. The average Bonchev–Trinajstić information content (AvgIpc) is 3.22. The molecule has 0 bridgehead atoms. The predicted octanol–water partition coefficient (Wildman–Crippen LogP) is 13.9. The second-order valence-corrected chi connectivity index (χ2v) is 12.6. The molecule has 0 amide bonds. The van der Waals surface area contributed by atoms with Gasteiger partial charge >= 0.3 is 0 Å². The van der Waals surface area contributed by atoms with Crippen molar-refractivity contribution in [1.82, 2.24) is 4.98 Å². The van der Waals surface area contributed by atoms with Crippen LogP contribution in [0.5, 0.6) is 0 Å². The van der Waals surface area contributed by atoms with Crippen molar-refractivity contribution in [3.8, 4) is 55.8 Å². The summed E-state index contributed by atoms with van der Waals surface area (Å²) in [6.45, 7) is 4.00. The summed E-state index contributed by atoms with van der Waals surface area (Å²) < 4.78 is 0. The van der Waals surface area contributed by atoms with Crippen LogP contribution in [-0.4, -0.2) is 4.98 Å². The highest BCUT2D eigenvalue weighted by atomic mass is 14.7. The molecule has 1 heterocycles. The maximum Gasteiger partial charge on any atom is 0.0715 e. The first kappa shape index (κ1) is 32.7. The fourth-order valence-electron chi connectivity index (χ4n) is 6.78. The van der Waals surface area contributed by atoms with Crippen molar-refractivity contribution in [1.29, 1.82) is 0 Å². The van der Waals surface area contributed by atoms with Gasteiger partial charge in [-0.3, -0.25) is 0 Å². The zero-order chi connectivity index (χ0) is 34.1. The van der Waals surface area contributed by atoms with Crippen molar-refractivity contribution >= 4 is 11.1 Å². The molecule has 0 radical (unpaired) electrons. The van der Waals surface area contributed by atoms with E-state index in [-0.39, 0.29) is 0 Å². The lowest BCUT2D eigenvalue weighted by Crippen LogP contribution is -1.95. The van der Waals surface area contributed by atoms with Crippen LogP contribution in [0.1, 0.15) is 50.8 Å². The molecule has 244 valence electrons. The van der Waals surface area contributed by atoms with E-state index in [0.717, 1.165) is 42.6 Å². The minimum atomic E-state index is 0.994. The smallest absolute Gasteiger partial charge is 0.0715 e. The lowest BCUT2D eigenvalue weighted by atomic mass is 9.92. The second kappa shape index (κ2) is 15.6. The number of hydrogen-bond acceptors (Lipinski definition) is 1. The third-order valence-corrected chi connectivity index (χ3v) is 9.35. The molecule has 0 fully saturated rings. The van der Waals surface area contributed by atoms with Gasteiger partial charge in [0.15, 0.2) is 0 Å². The molecule has 0 atom stereocenters. The summed E-state index contributed by atoms with van der Waals surface area (Å²) in [5.74, 6) is 0. The van der Waals surface area contributed by atoms with E-state index in [2.05, 4.69) is 176 Å². The molecule has 6 aromatic rings. The zero-order valence-corrected chi connectivity index (χ0v) is 29.0. The monoisotopic (exact) mass is 645 g/mol. The Labute approximate surface area is 297 Å². The Morgan fingerprint density at radius 2 is 0.920 bits per heavy atom. The Bertz CT molecular complexity index is 2230. The Morgan fingerprint density at radius 3 is 1.44 bits per heavy atom. The van der Waals surface area contributed by atoms with Gasteiger partial charge in [0, 0.05) is 5.56 Å². The van der Waals surface area contributed by atoms with E-state index in [1.807, 2.05) is 13.8 Å². The topological polar surface area (TPSA) is 12.9 Å². The summed E-state index contributed by atoms with van der Waals surface area (Å²) in [7, 11) is 0. The number of benzene rings is 5. The number of aromatic nitrogens is 1. The molecule has 2 aliphatic carbocycles. The largest absolute Gasteiger partial charge is 0.248 e. The highest BCUT2D eigenvalue weighted by Crippen LogP contribution is 2.35. The molecule has 0 N–H and O–H groups in total. The molecule has 0 aliphatic heterocycles. The van der Waals surface area contributed by atoms with Gasteiger partial charge in [-0.2, -0.15) is 0 Å². The normalized spacial score (nSPS) is 13.6. The molecule has 0 saturated heterocycles. The highest BCUT2D eigenvalue weighted by molar-refractivity contribution is 5.83. The van der Waals surface area contributed by atoms with Crippen LogP contribution >= 0.6 is 0 Å². The van der Waals surface area contributed by atoms with Gasteiger partial charge in [0.1, 0.15) is 0 Å². The maximum absolute atomic E-state index is 5.11. The summed E-state index contributed by atoms with van der Waals surface area (Å²) in [6, 6.07) is 50.7. The van der Waals surface area contributed by atoms with Crippen LogP contribution in [0.2, 0.25) is 0 Å². The Hall–Kier alpha value is -5.79. The van der Waals surface area contributed by atoms with Gasteiger partial charge in [-0.1, -0.05) is 153 Å². The van der Waals surface area contributed by atoms with E-state index in [9.17, 15) is 0 Å². The summed E-state index contributed by atoms with van der Waals surface area (Å²) >= 11 is 0. The summed E-state index contributed by atoms with van der Waals surface area (Å²) in [5, 5.41) is 0. The van der Waals surface area contributed by atoms with Crippen LogP contribution in [-0.2, 0) is 0 Å². The van der Waals surface area contributed by atoms with Crippen molar-refractivity contribution in [3.63, 3.8) is 0 Å². The van der Waals surface area contributed by atoms with Crippen LogP contribution in [0.25, 0.3) is 66.9 Å². The van der Waals surface area contributed by atoms with E-state index < -0.39 is 0 Å². The molecular formula is C49H43N. The molecular weight excluding hydrogens is 603 g/mol. The van der Waals surface area contributed by atoms with Crippen LogP contribution in [0.15, 0.2) is 176 Å². The molecule has 0 spiro atoms. The Morgan fingerprint density at radius 1 is 0.420 bits per heavy atom. The minimum Gasteiger partial charge on any atom is -0.248 e. The van der Waals surface area contributed by atoms with Crippen LogP contribution in [0.4, 0.5) is 0 Å². The fourth-order valence-corrected chi connectivity index (χ4v) is 6.78. The van der Waals surface area contributed by atoms with Gasteiger partial charge in [-0.25, -0.2) is 4.98 Å². The van der Waals surface area contributed by atoms with E-state index in [0.29, 0.717) is 0 Å². The lowest BCUT2D eigenvalue weighted by molar-refractivity contribution is 1.04. The summed E-state index contributed by atoms with van der Waals surface area (Å²) in [5.41, 5.74) is 16.7. The minimum absolute atomic E-state index is 0.994. The quantitative estimate of drug-likeness (QED) is 0.168. The lowest BCUT2D eigenvalue weighted by Gasteiger charge is -2.14. The number of rotatable bonds is 7. The van der Waals surface area contributed by atoms with Crippen LogP contribution < -0.4 is 0 Å². The van der Waals surface area contributed by atoms with E-state index >= 15 is 0 Å². The van der Waals surface area contributed by atoms with Gasteiger partial charge in [0.05, 0.1) is 11.4 Å². The average molecular weight is 646 g/mol. The van der Waals surface area contributed by atoms with Crippen LogP contribution in [0.3, 0.4) is 0 Å². The van der Waals surface area contributed by atoms with Gasteiger partial charge in [0.25, 0.3) is 0 Å². The molecule has 1 nitrogen and oxygen atoms in total. The standard InChI is InChI=1S/C47H37N.C2H6/c1-4-14-34(15-5-1)37-20-10-21-38(28-37)39-22-11-23-40(29-39)41-24-12-25-42(30-41)43-26-13-27-44(31-43)45-32-46(35-16-6-2-7-17-35)48-47(33-45)36-18-8-3-9-19-36;1-2/h1-2,4,6-8,10-14,16-33H,3,5,9,15H2;1-2H3. The second-order valence-electron chi connectivity index (χ2n) is 12.6. The third-order valence-electron chi connectivity index (χ3n) is 9.35. The van der Waals surface area contributed by atoms with Crippen LogP contribution in [0, 0.1) is 0 Å². The molecule has 0 saturated carbocycles. The third kappa shape index (κ3) is 7.43. The van der Waals surface area contributed by atoms with Gasteiger partial charge in [0.2, 0.25) is 0 Å². The SMILES string of the molecule is C1=CCCC(c2cccc(-c3cccc(-c4cccc(-c5cccc(-c6cc(C7=CCCC=C7)nc(-c7ccccc7)c6)c5)c4)c3)c2)=C1.CC. The Kier molecular flexibility index (Phi) is 10.2. The summed E-state index contributed by atoms with van der Waals surface area (Å²) in [4.78, 5) is 5.11. The molecule has 5 aromatic carbocycles. The first-order chi connectivity index (χ1) is 24.8. The van der Waals surface area contributed by atoms with Gasteiger partial charge < -0.3 is 0 Å². The molecule has 50 heavy (non-hydrogen) atoms. The zero-order valence-electron chi connectivity index (χ0n) is 29.0. The van der Waals surface area contributed by atoms with Crippen molar-refractivity contribution in [3.05, 3.63) is 187 Å². The number of allylic oxidation sites excluding steroid dienone is 8. The van der Waals surface area contributed by atoms with Crippen molar-refractivity contribution in [2.24, 2.45) is 0 Å². The van der Waals surface area contributed by atoms with Gasteiger partial charge in [-0.05, 0) is 123 Å². The van der Waals surface area contributed by atoms with Gasteiger partial charge in [-0.15, -0.1) is 0 Å². The van der Waals surface area contributed by atoms with Crippen molar-refractivity contribution in [2.45, 2.75) is 39.5 Å². The summed E-state index contributed by atoms with van der Waals surface area (Å²) in [6.07, 6.45) is 17.8. The van der Waals surface area contributed by atoms with E-state index in [1.165, 1.54) is 61.2 Å². The molecule has 2 aliphatic rings. The molecule has 0 unspecified atom stereocenters. The van der Waals surface area contributed by atoms with Crippen molar-refractivity contribution < 1.29 is 0 Å². The number of nitrogens with zero attached hydrogens (tertiary/aromatic N) is 1. The molecule has 1 aromatic heterocycles. The molecule has 8 rings (SSSR count). The number of hydrogen-bond donors (Lipinski definition) is 0. The van der Waals surface area contributed by atoms with E-state index in [1.54, 1.807) is 0 Å². The number of pyridine rings is 1. The Balaban J connectivity index is 0.00000193. The van der Waals surface area contributed by atoms with E-state index in [4.69, 9.17) is 4.98 Å². The first-order valence-electron chi connectivity index (χ1n) is 18.0. The maximum atomic E-state index is 5.11. The first-order valence-corrected chi connectivity index (χ1v) is 18.0. The predicted molar refractivity (Wildman–Crippen MR) is 215 cm³/mol. The fraction of sp³-hybridized carbons (Fsp3) is 0.122. The van der Waals surface area contributed by atoms with Crippen molar-refractivity contribution in [2.75, 3.05) is 0 Å².